The highest BCUT2D eigenvalue weighted by atomic mass is 16.6. The Morgan fingerprint density at radius 3 is 2.09 bits per heavy atom. The quantitative estimate of drug-likeness (QED) is 0.287. The molecule has 3 saturated heterocycles. The monoisotopic (exact) mass is 488 g/mol. The molecule has 3 aliphatic heterocycles. The molecule has 4 rings (SSSR count). The molecule has 3 N–H and O–H groups in total. The number of piperazine rings is 1. The number of piperidine rings is 1. The molecule has 3 heterocycles. The SMILES string of the molecule is CC(C)(C)OC(=O)N1CCN(c2cc(/C(N)=N/O)cc(N3CCC(N4CCOCC4)CC3)c2)CC1. The topological polar surface area (TPSA) is 107 Å². The van der Waals surface area contributed by atoms with Crippen molar-refractivity contribution >= 4 is 23.3 Å². The molecule has 0 saturated carbocycles. The Kier molecular flexibility index (Phi) is 7.91. The molecule has 10 heteroatoms. The molecule has 3 fully saturated rings. The lowest BCUT2D eigenvalue weighted by molar-refractivity contribution is 0.0115. The van der Waals surface area contributed by atoms with Gasteiger partial charge in [-0.2, -0.15) is 0 Å². The van der Waals surface area contributed by atoms with E-state index in [4.69, 9.17) is 15.2 Å². The highest BCUT2D eigenvalue weighted by molar-refractivity contribution is 5.99. The van der Waals surface area contributed by atoms with Crippen molar-refractivity contribution in [3.63, 3.8) is 0 Å². The number of anilines is 2. The van der Waals surface area contributed by atoms with Gasteiger partial charge in [0.2, 0.25) is 0 Å². The number of amides is 1. The van der Waals surface area contributed by atoms with Gasteiger partial charge in [0, 0.05) is 75.3 Å². The molecule has 0 atom stereocenters. The number of carbonyl (C=O) groups is 1. The molecular weight excluding hydrogens is 448 g/mol. The summed E-state index contributed by atoms with van der Waals surface area (Å²) < 4.78 is 11.0. The Morgan fingerprint density at radius 2 is 1.54 bits per heavy atom. The van der Waals surface area contributed by atoms with Crippen molar-refractivity contribution < 1.29 is 19.5 Å². The first-order valence-corrected chi connectivity index (χ1v) is 12.7. The lowest BCUT2D eigenvalue weighted by Gasteiger charge is -2.41. The highest BCUT2D eigenvalue weighted by Gasteiger charge is 2.28. The van der Waals surface area contributed by atoms with E-state index in [9.17, 15) is 10.0 Å². The zero-order chi connectivity index (χ0) is 25.0. The van der Waals surface area contributed by atoms with E-state index in [1.54, 1.807) is 4.90 Å². The fourth-order valence-corrected chi connectivity index (χ4v) is 5.07. The van der Waals surface area contributed by atoms with Gasteiger partial charge in [0.1, 0.15) is 5.60 Å². The number of oxime groups is 1. The fraction of sp³-hybridized carbons (Fsp3) is 0.680. The molecule has 0 aliphatic carbocycles. The lowest BCUT2D eigenvalue weighted by Crippen LogP contribution is -2.50. The Balaban J connectivity index is 1.44. The van der Waals surface area contributed by atoms with Crippen molar-refractivity contribution in [2.75, 3.05) is 75.4 Å². The average Bonchev–Trinajstić information content (AvgIpc) is 2.87. The number of rotatable bonds is 4. The first-order chi connectivity index (χ1) is 16.7. The molecule has 1 amide bonds. The van der Waals surface area contributed by atoms with Crippen LogP contribution in [-0.2, 0) is 9.47 Å². The van der Waals surface area contributed by atoms with Crippen LogP contribution in [0, 0.1) is 0 Å². The third-order valence-electron chi connectivity index (χ3n) is 6.99. The van der Waals surface area contributed by atoms with Crippen LogP contribution in [0.25, 0.3) is 0 Å². The number of nitrogens with two attached hydrogens (primary N) is 1. The maximum atomic E-state index is 12.4. The molecule has 0 unspecified atom stereocenters. The van der Waals surface area contributed by atoms with Gasteiger partial charge >= 0.3 is 6.09 Å². The fourth-order valence-electron chi connectivity index (χ4n) is 5.07. The smallest absolute Gasteiger partial charge is 0.410 e. The summed E-state index contributed by atoms with van der Waals surface area (Å²) in [5.41, 5.74) is 8.30. The van der Waals surface area contributed by atoms with Gasteiger partial charge in [-0.15, -0.1) is 0 Å². The van der Waals surface area contributed by atoms with E-state index in [0.29, 0.717) is 37.8 Å². The molecule has 0 bridgehead atoms. The summed E-state index contributed by atoms with van der Waals surface area (Å²) in [6.07, 6.45) is 1.95. The zero-order valence-corrected chi connectivity index (χ0v) is 21.3. The first-order valence-electron chi connectivity index (χ1n) is 12.7. The molecular formula is C25H40N6O4. The number of benzene rings is 1. The van der Waals surface area contributed by atoms with Crippen molar-refractivity contribution in [3.05, 3.63) is 23.8 Å². The average molecular weight is 489 g/mol. The third-order valence-corrected chi connectivity index (χ3v) is 6.99. The van der Waals surface area contributed by atoms with Crippen molar-refractivity contribution in [2.24, 2.45) is 10.9 Å². The van der Waals surface area contributed by atoms with Gasteiger partial charge in [-0.05, 0) is 51.8 Å². The van der Waals surface area contributed by atoms with E-state index < -0.39 is 5.60 Å². The molecule has 10 nitrogen and oxygen atoms in total. The highest BCUT2D eigenvalue weighted by Crippen LogP contribution is 2.29. The van der Waals surface area contributed by atoms with E-state index in [1.165, 1.54) is 0 Å². The number of morpholine rings is 1. The summed E-state index contributed by atoms with van der Waals surface area (Å²) in [5.74, 6) is 0.101. The van der Waals surface area contributed by atoms with Crippen LogP contribution >= 0.6 is 0 Å². The van der Waals surface area contributed by atoms with Crippen LogP contribution in [0.2, 0.25) is 0 Å². The Labute approximate surface area is 208 Å². The first kappa shape index (κ1) is 25.4. The van der Waals surface area contributed by atoms with Crippen molar-refractivity contribution in [3.8, 4) is 0 Å². The Bertz CT molecular complexity index is 896. The summed E-state index contributed by atoms with van der Waals surface area (Å²) in [6, 6.07) is 6.75. The number of ether oxygens (including phenoxy) is 2. The summed E-state index contributed by atoms with van der Waals surface area (Å²) in [7, 11) is 0. The number of carbonyl (C=O) groups excluding carboxylic acids is 1. The predicted octanol–water partition coefficient (Wildman–Crippen LogP) is 2.14. The van der Waals surface area contributed by atoms with E-state index >= 15 is 0 Å². The maximum absolute atomic E-state index is 12.4. The second-order valence-corrected chi connectivity index (χ2v) is 10.5. The molecule has 0 radical (unpaired) electrons. The van der Waals surface area contributed by atoms with Gasteiger partial charge in [-0.1, -0.05) is 5.16 Å². The van der Waals surface area contributed by atoms with Crippen molar-refractivity contribution in [2.45, 2.75) is 45.3 Å². The van der Waals surface area contributed by atoms with Crippen LogP contribution in [0.1, 0.15) is 39.2 Å². The second-order valence-electron chi connectivity index (χ2n) is 10.5. The standard InChI is InChI=1S/C25H40N6O4/c1-25(2,3)35-24(32)31-10-8-29(9-11-31)22-17-19(23(26)27-33)16-21(18-22)28-6-4-20(5-7-28)30-12-14-34-15-13-30/h16-18,20,33H,4-15H2,1-3H3,(H2,26,27). The van der Waals surface area contributed by atoms with Crippen LogP contribution in [0.3, 0.4) is 0 Å². The van der Waals surface area contributed by atoms with Crippen LogP contribution in [-0.4, -0.2) is 104 Å². The zero-order valence-electron chi connectivity index (χ0n) is 21.3. The van der Waals surface area contributed by atoms with Crippen LogP contribution < -0.4 is 15.5 Å². The minimum atomic E-state index is -0.506. The molecule has 1 aromatic rings. The van der Waals surface area contributed by atoms with Crippen LogP contribution in [0.15, 0.2) is 23.4 Å². The van der Waals surface area contributed by atoms with E-state index in [0.717, 1.165) is 63.6 Å². The third kappa shape index (κ3) is 6.49. The normalized spacial score (nSPS) is 21.3. The van der Waals surface area contributed by atoms with Crippen LogP contribution in [0.5, 0.6) is 0 Å². The minimum absolute atomic E-state index is 0.101. The Morgan fingerprint density at radius 1 is 0.971 bits per heavy atom. The predicted molar refractivity (Wildman–Crippen MR) is 137 cm³/mol. The van der Waals surface area contributed by atoms with Crippen molar-refractivity contribution in [1.29, 1.82) is 0 Å². The molecule has 0 spiro atoms. The molecule has 0 aromatic heterocycles. The summed E-state index contributed by atoms with van der Waals surface area (Å²) in [4.78, 5) is 21.4. The molecule has 194 valence electrons. The number of hydrogen-bond donors (Lipinski definition) is 2. The van der Waals surface area contributed by atoms with Crippen LogP contribution in [0.4, 0.5) is 16.2 Å². The van der Waals surface area contributed by atoms with Gasteiger partial charge in [-0.3, -0.25) is 4.90 Å². The number of hydrogen-bond acceptors (Lipinski definition) is 8. The van der Waals surface area contributed by atoms with Gasteiger partial charge in [0.15, 0.2) is 5.84 Å². The van der Waals surface area contributed by atoms with Gasteiger partial charge in [0.05, 0.1) is 13.2 Å². The molecule has 3 aliphatic rings. The maximum Gasteiger partial charge on any atom is 0.410 e. The van der Waals surface area contributed by atoms with Gasteiger partial charge in [-0.25, -0.2) is 4.79 Å². The van der Waals surface area contributed by atoms with E-state index in [-0.39, 0.29) is 11.9 Å². The molecule has 1 aromatic carbocycles. The summed E-state index contributed by atoms with van der Waals surface area (Å²) in [5, 5.41) is 12.6. The number of nitrogens with zero attached hydrogens (tertiary/aromatic N) is 5. The van der Waals surface area contributed by atoms with Crippen molar-refractivity contribution in [1.82, 2.24) is 9.80 Å². The second kappa shape index (κ2) is 10.9. The Hall–Kier alpha value is -2.72. The number of amidine groups is 1. The summed E-state index contributed by atoms with van der Waals surface area (Å²) >= 11 is 0. The largest absolute Gasteiger partial charge is 0.444 e. The van der Waals surface area contributed by atoms with Gasteiger partial charge < -0.3 is 35.1 Å². The van der Waals surface area contributed by atoms with Gasteiger partial charge in [0.25, 0.3) is 0 Å². The van der Waals surface area contributed by atoms with E-state index in [1.807, 2.05) is 32.9 Å². The minimum Gasteiger partial charge on any atom is -0.444 e. The lowest BCUT2D eigenvalue weighted by atomic mass is 10.0. The summed E-state index contributed by atoms with van der Waals surface area (Å²) in [6.45, 7) is 13.8. The van der Waals surface area contributed by atoms with E-state index in [2.05, 4.69) is 25.9 Å². The molecule has 35 heavy (non-hydrogen) atoms.